The summed E-state index contributed by atoms with van der Waals surface area (Å²) in [5.41, 5.74) is -0.668. The van der Waals surface area contributed by atoms with Gasteiger partial charge in [0.2, 0.25) is 0 Å². The van der Waals surface area contributed by atoms with Crippen LogP contribution >= 0.6 is 11.8 Å². The first-order chi connectivity index (χ1) is 10.0. The summed E-state index contributed by atoms with van der Waals surface area (Å²) in [5, 5.41) is 26.4. The Morgan fingerprint density at radius 2 is 2.33 bits per heavy atom. The standard InChI is InChI=1S/C14H23N3O3S/c1-10-3-4-12(20-10)11(18)7-16-13(15-2)17-8-14(19)5-6-21-9-14/h3-4,11,18-19H,5-9H2,1-2H3,(H2,15,16,17). The van der Waals surface area contributed by atoms with Crippen LogP contribution in [-0.4, -0.2) is 53.4 Å². The lowest BCUT2D eigenvalue weighted by Crippen LogP contribution is -2.48. The van der Waals surface area contributed by atoms with Gasteiger partial charge in [-0.2, -0.15) is 11.8 Å². The van der Waals surface area contributed by atoms with Gasteiger partial charge in [-0.05, 0) is 31.2 Å². The van der Waals surface area contributed by atoms with Crippen LogP contribution in [-0.2, 0) is 0 Å². The van der Waals surface area contributed by atoms with E-state index in [1.165, 1.54) is 0 Å². The largest absolute Gasteiger partial charge is 0.464 e. The molecule has 2 atom stereocenters. The van der Waals surface area contributed by atoms with Crippen molar-refractivity contribution in [1.29, 1.82) is 0 Å². The molecule has 7 heteroatoms. The third-order valence-corrected chi connectivity index (χ3v) is 4.68. The van der Waals surface area contributed by atoms with Crippen LogP contribution in [0.4, 0.5) is 0 Å². The van der Waals surface area contributed by atoms with Crippen LogP contribution in [0.5, 0.6) is 0 Å². The van der Waals surface area contributed by atoms with E-state index in [2.05, 4.69) is 15.6 Å². The van der Waals surface area contributed by atoms with Gasteiger partial charge < -0.3 is 25.3 Å². The van der Waals surface area contributed by atoms with E-state index in [0.29, 0.717) is 24.8 Å². The molecule has 0 spiro atoms. The number of thioether (sulfide) groups is 1. The Bertz CT molecular complexity index is 484. The van der Waals surface area contributed by atoms with E-state index in [4.69, 9.17) is 4.42 Å². The molecule has 1 aromatic heterocycles. The third-order valence-electron chi connectivity index (χ3n) is 3.44. The smallest absolute Gasteiger partial charge is 0.191 e. The second-order valence-electron chi connectivity index (χ2n) is 5.30. The van der Waals surface area contributed by atoms with Crippen molar-refractivity contribution in [2.75, 3.05) is 31.6 Å². The molecule has 1 aliphatic rings. The molecule has 0 aromatic carbocycles. The molecule has 118 valence electrons. The fourth-order valence-electron chi connectivity index (χ4n) is 2.13. The number of hydrogen-bond acceptors (Lipinski definition) is 5. The molecule has 1 aromatic rings. The molecule has 6 nitrogen and oxygen atoms in total. The zero-order valence-electron chi connectivity index (χ0n) is 12.4. The fourth-order valence-corrected chi connectivity index (χ4v) is 3.43. The van der Waals surface area contributed by atoms with Crippen molar-refractivity contribution in [2.24, 2.45) is 4.99 Å². The summed E-state index contributed by atoms with van der Waals surface area (Å²) in [6.45, 7) is 2.58. The van der Waals surface area contributed by atoms with E-state index in [1.807, 2.05) is 13.0 Å². The Labute approximate surface area is 129 Å². The van der Waals surface area contributed by atoms with Crippen molar-refractivity contribution in [3.05, 3.63) is 23.7 Å². The Balaban J connectivity index is 1.77. The number of furan rings is 1. The van der Waals surface area contributed by atoms with Crippen LogP contribution in [0.2, 0.25) is 0 Å². The average Bonchev–Trinajstić information content (AvgIpc) is 3.08. The van der Waals surface area contributed by atoms with Crippen molar-refractivity contribution in [3.8, 4) is 0 Å². The summed E-state index contributed by atoms with van der Waals surface area (Å²) in [7, 11) is 1.66. The minimum Gasteiger partial charge on any atom is -0.464 e. The van der Waals surface area contributed by atoms with Crippen LogP contribution in [0.15, 0.2) is 21.5 Å². The highest BCUT2D eigenvalue weighted by Gasteiger charge is 2.31. The first kappa shape index (κ1) is 16.2. The molecule has 0 bridgehead atoms. The molecule has 0 amide bonds. The SMILES string of the molecule is CN=C(NCC(O)c1ccc(C)o1)NCC1(O)CCSC1. The number of aliphatic imine (C=N–C) groups is 1. The number of guanidine groups is 1. The molecule has 0 saturated carbocycles. The van der Waals surface area contributed by atoms with E-state index in [1.54, 1.807) is 24.9 Å². The van der Waals surface area contributed by atoms with Gasteiger partial charge in [-0.15, -0.1) is 0 Å². The fraction of sp³-hybridized carbons (Fsp3) is 0.643. The van der Waals surface area contributed by atoms with Gasteiger partial charge in [0.1, 0.15) is 17.6 Å². The molecule has 0 aliphatic carbocycles. The van der Waals surface area contributed by atoms with Gasteiger partial charge in [0.25, 0.3) is 0 Å². The van der Waals surface area contributed by atoms with Crippen molar-refractivity contribution in [2.45, 2.75) is 25.0 Å². The molecule has 1 aliphatic heterocycles. The monoisotopic (exact) mass is 313 g/mol. The first-order valence-corrected chi connectivity index (χ1v) is 8.17. The maximum atomic E-state index is 10.3. The molecule has 1 saturated heterocycles. The zero-order valence-corrected chi connectivity index (χ0v) is 13.2. The van der Waals surface area contributed by atoms with Crippen LogP contribution in [0, 0.1) is 6.92 Å². The van der Waals surface area contributed by atoms with Crippen LogP contribution < -0.4 is 10.6 Å². The number of aliphatic hydroxyl groups is 2. The molecule has 2 unspecified atom stereocenters. The number of rotatable bonds is 5. The van der Waals surface area contributed by atoms with Crippen molar-refractivity contribution in [1.82, 2.24) is 10.6 Å². The van der Waals surface area contributed by atoms with Gasteiger partial charge in [0.15, 0.2) is 5.96 Å². The van der Waals surface area contributed by atoms with Gasteiger partial charge in [-0.1, -0.05) is 0 Å². The lowest BCUT2D eigenvalue weighted by atomic mass is 10.0. The summed E-state index contributed by atoms with van der Waals surface area (Å²) >= 11 is 1.76. The quantitative estimate of drug-likeness (QED) is 0.471. The zero-order chi connectivity index (χ0) is 15.3. The lowest BCUT2D eigenvalue weighted by molar-refractivity contribution is 0.0723. The second-order valence-corrected chi connectivity index (χ2v) is 6.40. The Morgan fingerprint density at radius 3 is 2.90 bits per heavy atom. The minimum absolute atomic E-state index is 0.291. The predicted molar refractivity (Wildman–Crippen MR) is 84.7 cm³/mol. The van der Waals surface area contributed by atoms with Gasteiger partial charge in [0.05, 0.1) is 12.1 Å². The summed E-state index contributed by atoms with van der Waals surface area (Å²) < 4.78 is 5.38. The van der Waals surface area contributed by atoms with E-state index in [-0.39, 0.29) is 0 Å². The molecular formula is C14H23N3O3S. The average molecular weight is 313 g/mol. The summed E-state index contributed by atoms with van der Waals surface area (Å²) in [4.78, 5) is 4.09. The summed E-state index contributed by atoms with van der Waals surface area (Å²) in [6, 6.07) is 3.58. The Hall–Kier alpha value is -1.18. The summed E-state index contributed by atoms with van der Waals surface area (Å²) in [5.74, 6) is 3.59. The van der Waals surface area contributed by atoms with Gasteiger partial charge in [0, 0.05) is 19.3 Å². The van der Waals surface area contributed by atoms with Crippen LogP contribution in [0.25, 0.3) is 0 Å². The molecule has 4 N–H and O–H groups in total. The molecule has 21 heavy (non-hydrogen) atoms. The topological polar surface area (TPSA) is 90.0 Å². The van der Waals surface area contributed by atoms with Crippen molar-refractivity contribution >= 4 is 17.7 Å². The molecule has 0 radical (unpaired) electrons. The summed E-state index contributed by atoms with van der Waals surface area (Å²) in [6.07, 6.45) is 0.0537. The maximum Gasteiger partial charge on any atom is 0.191 e. The highest BCUT2D eigenvalue weighted by molar-refractivity contribution is 7.99. The highest BCUT2D eigenvalue weighted by atomic mass is 32.2. The lowest BCUT2D eigenvalue weighted by Gasteiger charge is -2.23. The highest BCUT2D eigenvalue weighted by Crippen LogP contribution is 2.26. The number of aryl methyl sites for hydroxylation is 1. The normalized spacial score (nSPS) is 24.1. The van der Waals surface area contributed by atoms with E-state index < -0.39 is 11.7 Å². The molecule has 2 heterocycles. The van der Waals surface area contributed by atoms with E-state index >= 15 is 0 Å². The number of nitrogens with one attached hydrogen (secondary N) is 2. The number of nitrogens with zero attached hydrogens (tertiary/aromatic N) is 1. The number of aliphatic hydroxyl groups excluding tert-OH is 1. The minimum atomic E-state index is -0.734. The number of hydrogen-bond donors (Lipinski definition) is 4. The van der Waals surface area contributed by atoms with E-state index in [9.17, 15) is 10.2 Å². The van der Waals surface area contributed by atoms with Gasteiger partial charge in [-0.25, -0.2) is 0 Å². The first-order valence-electron chi connectivity index (χ1n) is 7.01. The van der Waals surface area contributed by atoms with E-state index in [0.717, 1.165) is 23.7 Å². The molecule has 2 rings (SSSR count). The second kappa shape index (κ2) is 7.20. The van der Waals surface area contributed by atoms with Crippen molar-refractivity contribution < 1.29 is 14.6 Å². The van der Waals surface area contributed by atoms with Crippen molar-refractivity contribution in [3.63, 3.8) is 0 Å². The Morgan fingerprint density at radius 1 is 1.52 bits per heavy atom. The van der Waals surface area contributed by atoms with Gasteiger partial charge >= 0.3 is 0 Å². The van der Waals surface area contributed by atoms with Gasteiger partial charge in [-0.3, -0.25) is 4.99 Å². The maximum absolute atomic E-state index is 10.3. The predicted octanol–water partition coefficient (Wildman–Crippen LogP) is 0.654. The van der Waals surface area contributed by atoms with Crippen LogP contribution in [0.3, 0.4) is 0 Å². The Kier molecular flexibility index (Phi) is 5.55. The van der Waals surface area contributed by atoms with Crippen LogP contribution in [0.1, 0.15) is 24.0 Å². The third kappa shape index (κ3) is 4.66. The molecular weight excluding hydrogens is 290 g/mol. The molecule has 1 fully saturated rings.